The van der Waals surface area contributed by atoms with Crippen molar-refractivity contribution in [2.75, 3.05) is 0 Å². The summed E-state index contributed by atoms with van der Waals surface area (Å²) < 4.78 is 6.48. The molecule has 12 rings (SSSR count). The molecule has 0 radical (unpaired) electrons. The van der Waals surface area contributed by atoms with Gasteiger partial charge in [-0.3, -0.25) is 0 Å². The number of nitrogens with zero attached hydrogens (tertiary/aromatic N) is 3. The molecule has 9 aromatic rings. The van der Waals surface area contributed by atoms with Crippen molar-refractivity contribution in [1.29, 1.82) is 0 Å². The standard InChI is InChI=1S/C53H37N3O/c1-2-14-34-30-37(27-26-32(34)12-1)52-54-51(55-53(56-52)45-24-10-15-33-13-3-4-18-38(33)45)36-17-9-16-35(31-36)39-19-5-6-20-40(39)44-28-29-47-50-48(44)42-22-8-7-21-41(42)43-23-11-25-46(57-47)49(43)50/h2-11,13-16,18-29,31,36-37H,1,12,17,30H2. The second-order valence-corrected chi connectivity index (χ2v) is 15.7. The Bertz CT molecular complexity index is 3260. The van der Waals surface area contributed by atoms with E-state index in [1.807, 2.05) is 0 Å². The molecular formula is C53H37N3O. The monoisotopic (exact) mass is 731 g/mol. The molecule has 2 atom stereocenters. The van der Waals surface area contributed by atoms with Crippen LogP contribution >= 0.6 is 0 Å². The van der Waals surface area contributed by atoms with Crippen LogP contribution in [0.3, 0.4) is 0 Å². The molecule has 2 heterocycles. The molecular weight excluding hydrogens is 695 g/mol. The van der Waals surface area contributed by atoms with Crippen molar-refractivity contribution in [2.45, 2.75) is 37.5 Å². The normalized spacial score (nSPS) is 18.1. The summed E-state index contributed by atoms with van der Waals surface area (Å²) in [4.78, 5) is 15.9. The molecule has 4 heteroatoms. The predicted molar refractivity (Wildman–Crippen MR) is 234 cm³/mol. The second-order valence-electron chi connectivity index (χ2n) is 15.7. The smallest absolute Gasteiger partial charge is 0.164 e. The van der Waals surface area contributed by atoms with E-state index in [1.165, 1.54) is 71.1 Å². The zero-order valence-corrected chi connectivity index (χ0v) is 31.3. The molecule has 0 N–H and O–H groups in total. The Kier molecular flexibility index (Phi) is 7.28. The Morgan fingerprint density at radius 3 is 2.14 bits per heavy atom. The van der Waals surface area contributed by atoms with Gasteiger partial charge >= 0.3 is 0 Å². The molecule has 0 fully saturated rings. The van der Waals surface area contributed by atoms with E-state index < -0.39 is 0 Å². The fraction of sp³-hybridized carbons (Fsp3) is 0.113. The average molecular weight is 732 g/mol. The fourth-order valence-electron chi connectivity index (χ4n) is 9.70. The molecule has 2 aromatic heterocycles. The highest BCUT2D eigenvalue weighted by Crippen LogP contribution is 2.47. The zero-order valence-electron chi connectivity index (χ0n) is 31.3. The molecule has 270 valence electrons. The van der Waals surface area contributed by atoms with Gasteiger partial charge in [0.05, 0.1) is 0 Å². The van der Waals surface area contributed by atoms with Gasteiger partial charge in [0.2, 0.25) is 0 Å². The molecule has 3 aliphatic carbocycles. The number of fused-ring (bicyclic) bond motifs is 4. The van der Waals surface area contributed by atoms with Crippen LogP contribution in [0.2, 0.25) is 0 Å². The van der Waals surface area contributed by atoms with Crippen LogP contribution < -0.4 is 0 Å². The number of allylic oxidation sites excluding steroid dienone is 10. The first-order chi connectivity index (χ1) is 28.2. The van der Waals surface area contributed by atoms with Crippen LogP contribution in [-0.4, -0.2) is 15.0 Å². The van der Waals surface area contributed by atoms with E-state index in [9.17, 15) is 0 Å². The van der Waals surface area contributed by atoms with Crippen molar-refractivity contribution < 1.29 is 4.42 Å². The Balaban J connectivity index is 1.01. The van der Waals surface area contributed by atoms with Crippen molar-refractivity contribution in [1.82, 2.24) is 15.0 Å². The molecule has 2 unspecified atom stereocenters. The number of aromatic nitrogens is 3. The van der Waals surface area contributed by atoms with Gasteiger partial charge in [-0.2, -0.15) is 0 Å². The fourth-order valence-corrected chi connectivity index (χ4v) is 9.70. The zero-order chi connectivity index (χ0) is 37.5. The lowest BCUT2D eigenvalue weighted by atomic mass is 9.84. The van der Waals surface area contributed by atoms with Gasteiger partial charge in [0.1, 0.15) is 22.8 Å². The number of furan rings is 1. The first-order valence-corrected chi connectivity index (χ1v) is 20.1. The van der Waals surface area contributed by atoms with Gasteiger partial charge in [-0.05, 0) is 104 Å². The number of hydrogen-bond acceptors (Lipinski definition) is 4. The highest BCUT2D eigenvalue weighted by Gasteiger charge is 2.26. The first-order valence-electron chi connectivity index (χ1n) is 20.1. The van der Waals surface area contributed by atoms with Crippen molar-refractivity contribution >= 4 is 59.8 Å². The van der Waals surface area contributed by atoms with Gasteiger partial charge < -0.3 is 4.42 Å². The summed E-state index contributed by atoms with van der Waals surface area (Å²) in [6.07, 6.45) is 20.1. The highest BCUT2D eigenvalue weighted by molar-refractivity contribution is 6.35. The van der Waals surface area contributed by atoms with Crippen LogP contribution in [0.1, 0.15) is 54.7 Å². The van der Waals surface area contributed by atoms with E-state index in [-0.39, 0.29) is 11.8 Å². The van der Waals surface area contributed by atoms with E-state index in [0.717, 1.165) is 65.3 Å². The lowest BCUT2D eigenvalue weighted by molar-refractivity contribution is 0.669. The van der Waals surface area contributed by atoms with Gasteiger partial charge in [0, 0.05) is 33.6 Å². The summed E-state index contributed by atoms with van der Waals surface area (Å²) in [5.74, 6) is 2.46. The Hall–Kier alpha value is -6.91. The minimum Gasteiger partial charge on any atom is -0.456 e. The third-order valence-electron chi connectivity index (χ3n) is 12.4. The lowest BCUT2D eigenvalue weighted by Crippen LogP contribution is -2.14. The minimum absolute atomic E-state index is 0.0209. The topological polar surface area (TPSA) is 51.8 Å². The Morgan fingerprint density at radius 1 is 0.491 bits per heavy atom. The van der Waals surface area contributed by atoms with E-state index in [4.69, 9.17) is 19.4 Å². The molecule has 0 aliphatic heterocycles. The molecule has 0 saturated heterocycles. The van der Waals surface area contributed by atoms with Gasteiger partial charge in [0.15, 0.2) is 5.82 Å². The van der Waals surface area contributed by atoms with Crippen molar-refractivity contribution in [3.63, 3.8) is 0 Å². The van der Waals surface area contributed by atoms with Crippen molar-refractivity contribution in [2.24, 2.45) is 0 Å². The van der Waals surface area contributed by atoms with Crippen LogP contribution in [0.4, 0.5) is 0 Å². The van der Waals surface area contributed by atoms with E-state index >= 15 is 0 Å². The van der Waals surface area contributed by atoms with Crippen LogP contribution in [-0.2, 0) is 0 Å². The number of benzene rings is 7. The summed E-state index contributed by atoms with van der Waals surface area (Å²) >= 11 is 0. The lowest BCUT2D eigenvalue weighted by Gasteiger charge is -2.24. The van der Waals surface area contributed by atoms with Gasteiger partial charge in [-0.1, -0.05) is 146 Å². The molecule has 0 amide bonds. The summed E-state index contributed by atoms with van der Waals surface area (Å²) in [5, 5.41) is 9.67. The predicted octanol–water partition coefficient (Wildman–Crippen LogP) is 13.8. The van der Waals surface area contributed by atoms with Gasteiger partial charge in [-0.25, -0.2) is 15.0 Å². The second kappa shape index (κ2) is 12.8. The maximum Gasteiger partial charge on any atom is 0.164 e. The van der Waals surface area contributed by atoms with E-state index in [2.05, 4.69) is 164 Å². The maximum absolute atomic E-state index is 6.48. The highest BCUT2D eigenvalue weighted by atomic mass is 16.3. The Morgan fingerprint density at radius 2 is 1.21 bits per heavy atom. The van der Waals surface area contributed by atoms with Crippen LogP contribution in [0.25, 0.3) is 82.3 Å². The minimum atomic E-state index is -0.0209. The maximum atomic E-state index is 6.48. The summed E-state index contributed by atoms with van der Waals surface area (Å²) in [7, 11) is 0. The first kappa shape index (κ1) is 32.3. The molecule has 57 heavy (non-hydrogen) atoms. The van der Waals surface area contributed by atoms with Gasteiger partial charge in [0.25, 0.3) is 0 Å². The summed E-state index contributed by atoms with van der Waals surface area (Å²) in [6, 6.07) is 43.4. The number of hydrogen-bond donors (Lipinski definition) is 0. The molecule has 4 nitrogen and oxygen atoms in total. The Labute approximate surface area is 330 Å². The van der Waals surface area contributed by atoms with Gasteiger partial charge in [-0.15, -0.1) is 0 Å². The van der Waals surface area contributed by atoms with Crippen molar-refractivity contribution in [3.8, 4) is 22.5 Å². The number of rotatable bonds is 5. The van der Waals surface area contributed by atoms with E-state index in [0.29, 0.717) is 0 Å². The SMILES string of the molecule is C1=CC2=C(C=CC(c3nc(-c4cccc5ccccc45)nc(C4C=C(c5ccccc5-c5ccc6oc7cccc8c9ccccc9c5c6c78)C=CC4)n3)C2)CC1. The largest absolute Gasteiger partial charge is 0.456 e. The van der Waals surface area contributed by atoms with E-state index in [1.54, 1.807) is 0 Å². The summed E-state index contributed by atoms with van der Waals surface area (Å²) in [5.41, 5.74) is 10.5. The third-order valence-corrected chi connectivity index (χ3v) is 12.4. The van der Waals surface area contributed by atoms with Crippen molar-refractivity contribution in [3.05, 3.63) is 192 Å². The van der Waals surface area contributed by atoms with Crippen LogP contribution in [0, 0.1) is 0 Å². The average Bonchev–Trinajstić information content (AvgIpc) is 3.67. The molecule has 0 bridgehead atoms. The molecule has 0 spiro atoms. The summed E-state index contributed by atoms with van der Waals surface area (Å²) in [6.45, 7) is 0. The molecule has 3 aliphatic rings. The van der Waals surface area contributed by atoms with Crippen LogP contribution in [0.5, 0.6) is 0 Å². The quantitative estimate of drug-likeness (QED) is 0.165. The molecule has 0 saturated carbocycles. The molecule has 7 aromatic carbocycles. The third kappa shape index (κ3) is 5.17. The van der Waals surface area contributed by atoms with Crippen LogP contribution in [0.15, 0.2) is 179 Å².